The van der Waals surface area contributed by atoms with Gasteiger partial charge in [0.15, 0.2) is 0 Å². The van der Waals surface area contributed by atoms with Crippen LogP contribution in [-0.4, -0.2) is 17.3 Å². The Morgan fingerprint density at radius 2 is 1.74 bits per heavy atom. The predicted octanol–water partition coefficient (Wildman–Crippen LogP) is 4.01. The van der Waals surface area contributed by atoms with E-state index in [1.54, 1.807) is 12.1 Å². The third-order valence-electron chi connectivity index (χ3n) is 2.76. The molecule has 0 saturated heterocycles. The van der Waals surface area contributed by atoms with Gasteiger partial charge in [0.05, 0.1) is 12.3 Å². The maximum Gasteiger partial charge on any atom is 0.390 e. The maximum absolute atomic E-state index is 12.3. The fourth-order valence-corrected chi connectivity index (χ4v) is 1.94. The van der Waals surface area contributed by atoms with Crippen molar-refractivity contribution in [2.45, 2.75) is 38.8 Å². The molecule has 2 nitrogen and oxygen atoms in total. The average molecular weight is 274 g/mol. The van der Waals surface area contributed by atoms with Crippen LogP contribution >= 0.6 is 0 Å². The van der Waals surface area contributed by atoms with Gasteiger partial charge in [-0.1, -0.05) is 38.1 Å². The lowest BCUT2D eigenvalue weighted by Gasteiger charge is -2.15. The van der Waals surface area contributed by atoms with E-state index in [1.165, 1.54) is 12.1 Å². The zero-order valence-corrected chi connectivity index (χ0v) is 10.9. The summed E-state index contributed by atoms with van der Waals surface area (Å²) in [6.45, 7) is 4.08. The van der Waals surface area contributed by atoms with Crippen LogP contribution in [0.3, 0.4) is 0 Å². The Morgan fingerprint density at radius 1 is 1.21 bits per heavy atom. The molecule has 0 amide bonds. The summed E-state index contributed by atoms with van der Waals surface area (Å²) in [5, 5.41) is 8.90. The lowest BCUT2D eigenvalue weighted by Crippen LogP contribution is -2.20. The highest BCUT2D eigenvalue weighted by Crippen LogP contribution is 2.31. The Kier molecular flexibility index (Phi) is 4.97. The molecular weight excluding hydrogens is 257 g/mol. The summed E-state index contributed by atoms with van der Waals surface area (Å²) in [6.07, 6.45) is -5.01. The first-order chi connectivity index (χ1) is 8.69. The monoisotopic (exact) mass is 274 g/mol. The van der Waals surface area contributed by atoms with Gasteiger partial charge >= 0.3 is 12.1 Å². The third-order valence-corrected chi connectivity index (χ3v) is 2.76. The Balaban J connectivity index is 2.89. The van der Waals surface area contributed by atoms with Gasteiger partial charge in [0.2, 0.25) is 0 Å². The summed E-state index contributed by atoms with van der Waals surface area (Å²) in [5.74, 6) is -2.54. The van der Waals surface area contributed by atoms with Gasteiger partial charge in [-0.05, 0) is 23.5 Å². The van der Waals surface area contributed by atoms with Gasteiger partial charge in [-0.2, -0.15) is 13.2 Å². The van der Waals surface area contributed by atoms with E-state index in [0.717, 1.165) is 12.0 Å². The first kappa shape index (κ1) is 15.5. The van der Waals surface area contributed by atoms with Crippen LogP contribution in [0.25, 0.3) is 0 Å². The molecule has 5 heteroatoms. The second-order valence-electron chi connectivity index (χ2n) is 5.05. The van der Waals surface area contributed by atoms with E-state index in [4.69, 9.17) is 5.11 Å². The van der Waals surface area contributed by atoms with Gasteiger partial charge in [-0.25, -0.2) is 0 Å². The second-order valence-corrected chi connectivity index (χ2v) is 5.05. The van der Waals surface area contributed by atoms with E-state index < -0.39 is 24.5 Å². The molecule has 1 aromatic rings. The largest absolute Gasteiger partial charge is 0.481 e. The van der Waals surface area contributed by atoms with Crippen molar-refractivity contribution in [2.24, 2.45) is 5.92 Å². The number of carboxylic acids is 1. The van der Waals surface area contributed by atoms with Crippen molar-refractivity contribution in [2.75, 3.05) is 0 Å². The van der Waals surface area contributed by atoms with Gasteiger partial charge in [-0.3, -0.25) is 4.79 Å². The number of carboxylic acid groups (broad SMARTS) is 1. The summed E-state index contributed by atoms with van der Waals surface area (Å²) in [5.41, 5.74) is 1.19. The molecule has 0 saturated carbocycles. The predicted molar refractivity (Wildman–Crippen MR) is 66.0 cm³/mol. The van der Waals surface area contributed by atoms with Gasteiger partial charge in [0.25, 0.3) is 0 Å². The topological polar surface area (TPSA) is 37.3 Å². The molecule has 0 aliphatic heterocycles. The van der Waals surface area contributed by atoms with Crippen LogP contribution in [0.2, 0.25) is 0 Å². The molecule has 0 radical (unpaired) electrons. The van der Waals surface area contributed by atoms with Crippen molar-refractivity contribution in [1.82, 2.24) is 0 Å². The van der Waals surface area contributed by atoms with Crippen molar-refractivity contribution in [3.8, 4) is 0 Å². The average Bonchev–Trinajstić information content (AvgIpc) is 2.25. The van der Waals surface area contributed by atoms with Crippen LogP contribution in [0.4, 0.5) is 13.2 Å². The fraction of sp³-hybridized carbons (Fsp3) is 0.500. The van der Waals surface area contributed by atoms with E-state index in [-0.39, 0.29) is 5.56 Å². The Hall–Kier alpha value is -1.52. The van der Waals surface area contributed by atoms with Crippen LogP contribution in [0.15, 0.2) is 24.3 Å². The molecule has 0 bridgehead atoms. The quantitative estimate of drug-likeness (QED) is 0.881. The number of rotatable bonds is 5. The molecule has 0 spiro atoms. The van der Waals surface area contributed by atoms with Crippen LogP contribution < -0.4 is 0 Å². The van der Waals surface area contributed by atoms with E-state index in [1.807, 2.05) is 13.8 Å². The minimum absolute atomic E-state index is 0.192. The lowest BCUT2D eigenvalue weighted by molar-refractivity contribution is -0.157. The number of aliphatic carboxylic acids is 1. The number of halogens is 3. The molecule has 1 aromatic carbocycles. The highest BCUT2D eigenvalue weighted by atomic mass is 19.4. The number of carbonyl (C=O) groups is 1. The van der Waals surface area contributed by atoms with Crippen molar-refractivity contribution in [3.63, 3.8) is 0 Å². The third kappa shape index (κ3) is 5.32. The van der Waals surface area contributed by atoms with Gasteiger partial charge in [0.1, 0.15) is 0 Å². The SMILES string of the molecule is CC(C)Cc1ccc([C@@H](CC(F)(F)F)C(=O)O)cc1. The Bertz CT molecular complexity index is 421. The molecular formula is C14H17F3O2. The van der Waals surface area contributed by atoms with Gasteiger partial charge < -0.3 is 5.11 Å². The zero-order valence-electron chi connectivity index (χ0n) is 10.9. The van der Waals surface area contributed by atoms with Crippen LogP contribution in [0.1, 0.15) is 37.3 Å². The highest BCUT2D eigenvalue weighted by Gasteiger charge is 2.36. The van der Waals surface area contributed by atoms with E-state index in [2.05, 4.69) is 0 Å². The first-order valence-corrected chi connectivity index (χ1v) is 6.07. The maximum atomic E-state index is 12.3. The van der Waals surface area contributed by atoms with Crippen molar-refractivity contribution in [3.05, 3.63) is 35.4 Å². The molecule has 0 heterocycles. The molecule has 1 N–H and O–H groups in total. The summed E-state index contributed by atoms with van der Waals surface area (Å²) in [7, 11) is 0. The van der Waals surface area contributed by atoms with Crippen molar-refractivity contribution >= 4 is 5.97 Å². The molecule has 19 heavy (non-hydrogen) atoms. The zero-order chi connectivity index (χ0) is 14.6. The smallest absolute Gasteiger partial charge is 0.390 e. The first-order valence-electron chi connectivity index (χ1n) is 6.07. The van der Waals surface area contributed by atoms with Gasteiger partial charge in [-0.15, -0.1) is 0 Å². The normalized spacial score (nSPS) is 13.6. The number of hydrogen-bond acceptors (Lipinski definition) is 1. The Labute approximate surface area is 110 Å². The van der Waals surface area contributed by atoms with E-state index in [0.29, 0.717) is 5.92 Å². The minimum Gasteiger partial charge on any atom is -0.481 e. The van der Waals surface area contributed by atoms with Crippen LogP contribution in [0, 0.1) is 5.92 Å². The molecule has 1 rings (SSSR count). The lowest BCUT2D eigenvalue weighted by atomic mass is 9.93. The van der Waals surface area contributed by atoms with E-state index >= 15 is 0 Å². The fourth-order valence-electron chi connectivity index (χ4n) is 1.94. The van der Waals surface area contributed by atoms with Crippen molar-refractivity contribution in [1.29, 1.82) is 0 Å². The molecule has 0 aliphatic rings. The van der Waals surface area contributed by atoms with Crippen LogP contribution in [0.5, 0.6) is 0 Å². The van der Waals surface area contributed by atoms with Gasteiger partial charge in [0, 0.05) is 0 Å². The summed E-state index contributed by atoms with van der Waals surface area (Å²) < 4.78 is 37.0. The molecule has 0 unspecified atom stereocenters. The number of hydrogen-bond donors (Lipinski definition) is 1. The van der Waals surface area contributed by atoms with E-state index in [9.17, 15) is 18.0 Å². The number of alkyl halides is 3. The highest BCUT2D eigenvalue weighted by molar-refractivity contribution is 5.76. The second kappa shape index (κ2) is 6.08. The Morgan fingerprint density at radius 3 is 2.11 bits per heavy atom. The molecule has 106 valence electrons. The molecule has 1 atom stereocenters. The molecule has 0 aromatic heterocycles. The van der Waals surface area contributed by atoms with Crippen LogP contribution in [-0.2, 0) is 11.2 Å². The number of benzene rings is 1. The molecule has 0 aliphatic carbocycles. The summed E-state index contributed by atoms with van der Waals surface area (Å²) in [4.78, 5) is 10.9. The minimum atomic E-state index is -4.49. The standard InChI is InChI=1S/C14H17F3O2/c1-9(2)7-10-3-5-11(6-4-10)12(13(18)19)8-14(15,16)17/h3-6,9,12H,7-8H2,1-2H3,(H,18,19)/t12-/m1/s1. The summed E-state index contributed by atoms with van der Waals surface area (Å²) in [6, 6.07) is 6.34. The molecule has 0 fully saturated rings. The van der Waals surface area contributed by atoms with Crippen molar-refractivity contribution < 1.29 is 23.1 Å². The summed E-state index contributed by atoms with van der Waals surface area (Å²) >= 11 is 0.